The van der Waals surface area contributed by atoms with Crippen LogP contribution in [0.1, 0.15) is 23.4 Å². The summed E-state index contributed by atoms with van der Waals surface area (Å²) in [6, 6.07) is 11.2. The first kappa shape index (κ1) is 15.7. The predicted octanol–water partition coefficient (Wildman–Crippen LogP) is 2.01. The van der Waals surface area contributed by atoms with E-state index in [1.165, 1.54) is 0 Å². The third kappa shape index (κ3) is 4.99. The van der Waals surface area contributed by atoms with Crippen molar-refractivity contribution in [2.75, 3.05) is 6.54 Å². The lowest BCUT2D eigenvalue weighted by Gasteiger charge is -2.08. The molecular formula is C15H21N3O2S. The molecule has 1 heterocycles. The van der Waals surface area contributed by atoms with Crippen molar-refractivity contribution in [2.45, 2.75) is 32.6 Å². The van der Waals surface area contributed by atoms with Gasteiger partial charge in [-0.25, -0.2) is 13.1 Å². The molecule has 0 fully saturated rings. The van der Waals surface area contributed by atoms with Crippen LogP contribution in [0.2, 0.25) is 0 Å². The molecule has 1 N–H and O–H groups in total. The first-order valence-corrected chi connectivity index (χ1v) is 8.64. The number of aromatic nitrogens is 2. The summed E-state index contributed by atoms with van der Waals surface area (Å²) < 4.78 is 28.4. The van der Waals surface area contributed by atoms with Gasteiger partial charge in [0, 0.05) is 18.8 Å². The maximum atomic E-state index is 11.9. The molecule has 2 rings (SSSR count). The average Bonchev–Trinajstić information content (AvgIpc) is 2.74. The second-order valence-corrected chi connectivity index (χ2v) is 6.95. The summed E-state index contributed by atoms with van der Waals surface area (Å²) in [7, 11) is -3.27. The van der Waals surface area contributed by atoms with E-state index in [9.17, 15) is 8.42 Å². The molecule has 0 saturated heterocycles. The number of nitrogens with zero attached hydrogens (tertiary/aromatic N) is 2. The summed E-state index contributed by atoms with van der Waals surface area (Å²) in [6.07, 6.45) is 0.718. The van der Waals surface area contributed by atoms with Gasteiger partial charge in [0.2, 0.25) is 10.0 Å². The van der Waals surface area contributed by atoms with Crippen LogP contribution in [0.4, 0.5) is 0 Å². The van der Waals surface area contributed by atoms with E-state index in [4.69, 9.17) is 0 Å². The highest BCUT2D eigenvalue weighted by Crippen LogP contribution is 2.05. The molecule has 0 radical (unpaired) electrons. The Labute approximate surface area is 126 Å². The molecule has 114 valence electrons. The van der Waals surface area contributed by atoms with Crippen LogP contribution in [0.25, 0.3) is 0 Å². The summed E-state index contributed by atoms with van der Waals surface area (Å²) in [5.74, 6) is 0.0216. The van der Waals surface area contributed by atoms with E-state index in [2.05, 4.69) is 9.82 Å². The van der Waals surface area contributed by atoms with Gasteiger partial charge in [0.25, 0.3) is 0 Å². The number of rotatable bonds is 7. The second-order valence-electron chi connectivity index (χ2n) is 5.14. The molecule has 0 aliphatic rings. The van der Waals surface area contributed by atoms with Crippen LogP contribution in [-0.4, -0.2) is 24.7 Å². The van der Waals surface area contributed by atoms with Crippen molar-refractivity contribution < 1.29 is 8.42 Å². The fraction of sp³-hybridized carbons (Fsp3) is 0.400. The summed E-state index contributed by atoms with van der Waals surface area (Å²) >= 11 is 0. The first-order chi connectivity index (χ1) is 9.96. The van der Waals surface area contributed by atoms with Gasteiger partial charge in [-0.1, -0.05) is 30.3 Å². The molecule has 0 unspecified atom stereocenters. The zero-order valence-corrected chi connectivity index (χ0v) is 13.2. The lowest BCUT2D eigenvalue weighted by Crippen LogP contribution is -2.27. The number of hydrogen-bond acceptors (Lipinski definition) is 3. The highest BCUT2D eigenvalue weighted by molar-refractivity contribution is 7.88. The van der Waals surface area contributed by atoms with Gasteiger partial charge in [-0.3, -0.25) is 4.68 Å². The third-order valence-electron chi connectivity index (χ3n) is 3.17. The Bertz CT molecular complexity index is 678. The van der Waals surface area contributed by atoms with Crippen molar-refractivity contribution in [2.24, 2.45) is 0 Å². The van der Waals surface area contributed by atoms with Gasteiger partial charge >= 0.3 is 0 Å². The predicted molar refractivity (Wildman–Crippen MR) is 83.4 cm³/mol. The quantitative estimate of drug-likeness (QED) is 0.796. The number of aryl methyl sites for hydroxylation is 3. The van der Waals surface area contributed by atoms with Gasteiger partial charge < -0.3 is 0 Å². The largest absolute Gasteiger partial charge is 0.270 e. The number of nitrogens with one attached hydrogen (secondary N) is 1. The zero-order chi connectivity index (χ0) is 15.3. The lowest BCUT2D eigenvalue weighted by molar-refractivity contribution is 0.544. The fourth-order valence-corrected chi connectivity index (χ4v) is 3.39. The van der Waals surface area contributed by atoms with E-state index >= 15 is 0 Å². The zero-order valence-electron chi connectivity index (χ0n) is 12.4. The maximum Gasteiger partial charge on any atom is 0.215 e. The molecule has 0 aliphatic carbocycles. The molecule has 1 aromatic carbocycles. The van der Waals surface area contributed by atoms with Crippen molar-refractivity contribution in [1.29, 1.82) is 0 Å². The van der Waals surface area contributed by atoms with E-state index < -0.39 is 10.0 Å². The van der Waals surface area contributed by atoms with Gasteiger partial charge in [0.15, 0.2) is 0 Å². The van der Waals surface area contributed by atoms with Gasteiger partial charge in [-0.05, 0) is 31.9 Å². The van der Waals surface area contributed by atoms with E-state index in [1.807, 2.05) is 54.9 Å². The van der Waals surface area contributed by atoms with Crippen molar-refractivity contribution in [3.63, 3.8) is 0 Å². The molecule has 0 amide bonds. The molecule has 1 aromatic heterocycles. The Morgan fingerprint density at radius 3 is 2.52 bits per heavy atom. The molecule has 0 aliphatic heterocycles. The molecule has 21 heavy (non-hydrogen) atoms. The van der Waals surface area contributed by atoms with Gasteiger partial charge in [0.05, 0.1) is 11.4 Å². The van der Waals surface area contributed by atoms with Gasteiger partial charge in [-0.2, -0.15) is 5.10 Å². The van der Waals surface area contributed by atoms with Crippen molar-refractivity contribution >= 4 is 10.0 Å². The summed E-state index contributed by atoms with van der Waals surface area (Å²) in [5.41, 5.74) is 2.88. The van der Waals surface area contributed by atoms with Crippen LogP contribution in [0.5, 0.6) is 0 Å². The molecule has 0 saturated carbocycles. The van der Waals surface area contributed by atoms with Gasteiger partial charge in [-0.15, -0.1) is 0 Å². The van der Waals surface area contributed by atoms with E-state index in [1.54, 1.807) is 0 Å². The SMILES string of the molecule is Cc1cc(C)n(CCCNS(=O)(=O)Cc2ccccc2)n1. The standard InChI is InChI=1S/C15H21N3O2S/c1-13-11-14(2)18(17-13)10-6-9-16-21(19,20)12-15-7-4-3-5-8-15/h3-5,7-8,11,16H,6,9-10,12H2,1-2H3. The van der Waals surface area contributed by atoms with Gasteiger partial charge in [0.1, 0.15) is 0 Å². The summed E-state index contributed by atoms with van der Waals surface area (Å²) in [5, 5.41) is 4.35. The van der Waals surface area contributed by atoms with Crippen LogP contribution in [0, 0.1) is 13.8 Å². The molecule has 6 heteroatoms. The normalized spacial score (nSPS) is 11.7. The van der Waals surface area contributed by atoms with E-state index in [0.717, 1.165) is 23.4 Å². The van der Waals surface area contributed by atoms with Crippen molar-refractivity contribution in [3.8, 4) is 0 Å². The third-order valence-corrected chi connectivity index (χ3v) is 4.53. The topological polar surface area (TPSA) is 64.0 Å². The Kier molecular flexibility index (Phi) is 5.14. The monoisotopic (exact) mass is 307 g/mol. The molecule has 0 atom stereocenters. The van der Waals surface area contributed by atoms with Crippen LogP contribution >= 0.6 is 0 Å². The Hall–Kier alpha value is -1.66. The van der Waals surface area contributed by atoms with Crippen LogP contribution in [0.3, 0.4) is 0 Å². The van der Waals surface area contributed by atoms with E-state index in [-0.39, 0.29) is 5.75 Å². The molecule has 5 nitrogen and oxygen atoms in total. The average molecular weight is 307 g/mol. The Morgan fingerprint density at radius 1 is 1.19 bits per heavy atom. The minimum atomic E-state index is -3.27. The molecule has 0 spiro atoms. The minimum absolute atomic E-state index is 0.0216. The van der Waals surface area contributed by atoms with Crippen molar-refractivity contribution in [3.05, 3.63) is 53.3 Å². The Morgan fingerprint density at radius 2 is 1.90 bits per heavy atom. The molecular weight excluding hydrogens is 286 g/mol. The smallest absolute Gasteiger partial charge is 0.215 e. The first-order valence-electron chi connectivity index (χ1n) is 6.98. The number of benzene rings is 1. The highest BCUT2D eigenvalue weighted by Gasteiger charge is 2.10. The Balaban J connectivity index is 1.78. The molecule has 2 aromatic rings. The van der Waals surface area contributed by atoms with Crippen LogP contribution in [-0.2, 0) is 22.3 Å². The maximum absolute atomic E-state index is 11.9. The highest BCUT2D eigenvalue weighted by atomic mass is 32.2. The number of hydrogen-bond donors (Lipinski definition) is 1. The van der Waals surface area contributed by atoms with Crippen LogP contribution < -0.4 is 4.72 Å². The van der Waals surface area contributed by atoms with E-state index in [0.29, 0.717) is 13.1 Å². The van der Waals surface area contributed by atoms with Crippen molar-refractivity contribution in [1.82, 2.24) is 14.5 Å². The molecule has 0 bridgehead atoms. The second kappa shape index (κ2) is 6.87. The lowest BCUT2D eigenvalue weighted by atomic mass is 10.2. The van der Waals surface area contributed by atoms with Crippen LogP contribution in [0.15, 0.2) is 36.4 Å². The minimum Gasteiger partial charge on any atom is -0.270 e. The fourth-order valence-electron chi connectivity index (χ4n) is 2.20. The summed E-state index contributed by atoms with van der Waals surface area (Å²) in [4.78, 5) is 0. The number of sulfonamides is 1. The summed E-state index contributed by atoms with van der Waals surface area (Å²) in [6.45, 7) is 5.09.